The number of halogens is 1. The second-order valence-electron chi connectivity index (χ2n) is 8.43. The maximum Gasteiger partial charge on any atom is 0.269 e. The van der Waals surface area contributed by atoms with Gasteiger partial charge in [0.05, 0.1) is 10.6 Å². The second-order valence-corrected chi connectivity index (χ2v) is 8.80. The van der Waals surface area contributed by atoms with Crippen LogP contribution in [0.5, 0.6) is 5.75 Å². The molecule has 0 saturated heterocycles. The van der Waals surface area contributed by atoms with Crippen molar-refractivity contribution in [3.63, 3.8) is 0 Å². The predicted octanol–water partition coefficient (Wildman–Crippen LogP) is 5.47. The number of hydrogen-bond acceptors (Lipinski definition) is 5. The van der Waals surface area contributed by atoms with E-state index in [2.05, 4.69) is 15.2 Å². The lowest BCUT2D eigenvalue weighted by atomic mass is 9.92. The minimum Gasteiger partial charge on any atom is -0.489 e. The number of fused-ring (bicyclic) bond motifs is 1. The van der Waals surface area contributed by atoms with Crippen molar-refractivity contribution in [2.75, 3.05) is 0 Å². The van der Waals surface area contributed by atoms with Crippen molar-refractivity contribution in [1.82, 2.24) is 19.8 Å². The fraction of sp³-hybridized carbons (Fsp3) is 0.273. The highest BCUT2D eigenvalue weighted by Crippen LogP contribution is 2.33. The molecular formula is C22H22ClN5O3. The van der Waals surface area contributed by atoms with E-state index in [-0.39, 0.29) is 17.7 Å². The summed E-state index contributed by atoms with van der Waals surface area (Å²) < 4.78 is 7.43. The SMILES string of the molecule is Cc1cccc(OCc2cc([N+](=O)[O-])ccc2-c2nc3c(Cl)c(C(C)(C)C)[nH]n3n2)c1. The third kappa shape index (κ3) is 4.11. The third-order valence-corrected chi connectivity index (χ3v) is 5.27. The minimum atomic E-state index is -0.433. The molecule has 31 heavy (non-hydrogen) atoms. The number of nitro groups is 1. The second kappa shape index (κ2) is 7.70. The zero-order valence-electron chi connectivity index (χ0n) is 17.6. The first-order valence-corrected chi connectivity index (χ1v) is 10.1. The number of benzene rings is 2. The Hall–Kier alpha value is -3.39. The van der Waals surface area contributed by atoms with Gasteiger partial charge in [-0.2, -0.15) is 4.63 Å². The quantitative estimate of drug-likeness (QED) is 0.328. The number of H-pyrrole nitrogens is 1. The number of rotatable bonds is 5. The Kier molecular flexibility index (Phi) is 5.18. The average Bonchev–Trinajstić information content (AvgIpc) is 3.25. The van der Waals surface area contributed by atoms with Gasteiger partial charge >= 0.3 is 0 Å². The van der Waals surface area contributed by atoms with Crippen molar-refractivity contribution in [2.24, 2.45) is 0 Å². The normalized spacial score (nSPS) is 11.8. The molecular weight excluding hydrogens is 418 g/mol. The Morgan fingerprint density at radius 3 is 2.65 bits per heavy atom. The van der Waals surface area contributed by atoms with Crippen LogP contribution in [0.1, 0.15) is 37.6 Å². The summed E-state index contributed by atoms with van der Waals surface area (Å²) in [6, 6.07) is 12.2. The highest BCUT2D eigenvalue weighted by molar-refractivity contribution is 6.34. The van der Waals surface area contributed by atoms with Crippen LogP contribution in [0.15, 0.2) is 42.5 Å². The van der Waals surface area contributed by atoms with Crippen LogP contribution >= 0.6 is 11.6 Å². The van der Waals surface area contributed by atoms with E-state index in [1.807, 2.05) is 52.0 Å². The van der Waals surface area contributed by atoms with Gasteiger partial charge in [-0.1, -0.05) is 44.5 Å². The number of nitrogens with zero attached hydrogens (tertiary/aromatic N) is 4. The monoisotopic (exact) mass is 439 g/mol. The molecule has 0 atom stereocenters. The van der Waals surface area contributed by atoms with Crippen LogP contribution in [-0.2, 0) is 12.0 Å². The van der Waals surface area contributed by atoms with Gasteiger partial charge in [0.1, 0.15) is 17.4 Å². The van der Waals surface area contributed by atoms with Gasteiger partial charge in [0.25, 0.3) is 5.69 Å². The molecule has 0 spiro atoms. The van der Waals surface area contributed by atoms with Crippen molar-refractivity contribution in [2.45, 2.75) is 39.7 Å². The first kappa shape index (κ1) is 20.9. The minimum absolute atomic E-state index is 0.0237. The number of hydrogen-bond donors (Lipinski definition) is 1. The van der Waals surface area contributed by atoms with Gasteiger partial charge in [0.15, 0.2) is 11.5 Å². The van der Waals surface area contributed by atoms with E-state index in [0.29, 0.717) is 33.4 Å². The van der Waals surface area contributed by atoms with E-state index >= 15 is 0 Å². The zero-order valence-corrected chi connectivity index (χ0v) is 18.4. The molecule has 4 rings (SSSR count). The van der Waals surface area contributed by atoms with E-state index in [0.717, 1.165) is 11.3 Å². The molecule has 2 aromatic carbocycles. The van der Waals surface area contributed by atoms with Crippen LogP contribution in [0.25, 0.3) is 17.0 Å². The molecule has 0 radical (unpaired) electrons. The molecule has 0 saturated carbocycles. The molecule has 2 aromatic heterocycles. The van der Waals surface area contributed by atoms with Crippen molar-refractivity contribution >= 4 is 22.9 Å². The number of ether oxygens (including phenoxy) is 1. The lowest BCUT2D eigenvalue weighted by Gasteiger charge is -2.16. The highest BCUT2D eigenvalue weighted by atomic mass is 35.5. The van der Waals surface area contributed by atoms with E-state index in [1.165, 1.54) is 16.8 Å². The average molecular weight is 440 g/mol. The molecule has 0 aliphatic rings. The fourth-order valence-corrected chi connectivity index (χ4v) is 3.76. The molecule has 4 aromatic rings. The van der Waals surface area contributed by atoms with Crippen LogP contribution < -0.4 is 4.74 Å². The van der Waals surface area contributed by atoms with Crippen molar-refractivity contribution < 1.29 is 9.66 Å². The van der Waals surface area contributed by atoms with E-state index in [1.54, 1.807) is 6.07 Å². The van der Waals surface area contributed by atoms with Gasteiger partial charge in [-0.05, 0) is 30.7 Å². The van der Waals surface area contributed by atoms with Gasteiger partial charge in [-0.25, -0.2) is 4.98 Å². The lowest BCUT2D eigenvalue weighted by molar-refractivity contribution is -0.384. The molecule has 0 unspecified atom stereocenters. The van der Waals surface area contributed by atoms with Crippen molar-refractivity contribution in [3.8, 4) is 17.1 Å². The molecule has 8 nitrogen and oxygen atoms in total. The van der Waals surface area contributed by atoms with Crippen LogP contribution in [0, 0.1) is 17.0 Å². The van der Waals surface area contributed by atoms with Gasteiger partial charge in [-0.3, -0.25) is 15.2 Å². The maximum atomic E-state index is 11.3. The standard InChI is InChI=1S/C22H22ClN5O3/c1-13-6-5-7-16(10-13)31-12-14-11-15(28(29)30)8-9-17(14)20-24-21-18(23)19(22(2,3)4)25-27(21)26-20/h5-11,25H,12H2,1-4H3. The Balaban J connectivity index is 1.74. The summed E-state index contributed by atoms with van der Waals surface area (Å²) in [4.78, 5) is 15.5. The topological polar surface area (TPSA) is 98.4 Å². The van der Waals surface area contributed by atoms with Crippen LogP contribution in [-0.4, -0.2) is 24.7 Å². The van der Waals surface area contributed by atoms with Crippen molar-refractivity contribution in [3.05, 3.63) is 74.4 Å². The number of nitro benzene ring substituents is 1. The maximum absolute atomic E-state index is 11.3. The van der Waals surface area contributed by atoms with E-state index in [4.69, 9.17) is 16.3 Å². The first-order valence-electron chi connectivity index (χ1n) is 9.75. The van der Waals surface area contributed by atoms with Gasteiger partial charge in [0, 0.05) is 28.7 Å². The molecule has 0 fully saturated rings. The third-order valence-electron chi connectivity index (χ3n) is 4.92. The van der Waals surface area contributed by atoms with Crippen LogP contribution in [0.2, 0.25) is 5.02 Å². The molecule has 2 heterocycles. The Morgan fingerprint density at radius 2 is 2.00 bits per heavy atom. The number of aromatic nitrogens is 4. The summed E-state index contributed by atoms with van der Waals surface area (Å²) in [5, 5.41) is 19.5. The summed E-state index contributed by atoms with van der Waals surface area (Å²) in [6.45, 7) is 8.24. The molecule has 0 aliphatic heterocycles. The first-order chi connectivity index (χ1) is 14.6. The molecule has 0 bridgehead atoms. The largest absolute Gasteiger partial charge is 0.489 e. The van der Waals surface area contributed by atoms with Crippen molar-refractivity contribution in [1.29, 1.82) is 0 Å². The lowest BCUT2D eigenvalue weighted by Crippen LogP contribution is -2.13. The molecule has 160 valence electrons. The summed E-state index contributed by atoms with van der Waals surface area (Å²) in [5.41, 5.74) is 3.43. The smallest absolute Gasteiger partial charge is 0.269 e. The molecule has 0 aliphatic carbocycles. The summed E-state index contributed by atoms with van der Waals surface area (Å²) in [7, 11) is 0. The Bertz CT molecular complexity index is 1290. The molecule has 0 amide bonds. The van der Waals surface area contributed by atoms with Gasteiger partial charge in [-0.15, -0.1) is 5.10 Å². The predicted molar refractivity (Wildman–Crippen MR) is 119 cm³/mol. The van der Waals surface area contributed by atoms with E-state index < -0.39 is 4.92 Å². The number of non-ortho nitro benzene ring substituents is 1. The van der Waals surface area contributed by atoms with Gasteiger partial charge < -0.3 is 4.74 Å². The Labute approximate surface area is 184 Å². The summed E-state index contributed by atoms with van der Waals surface area (Å²) in [6.07, 6.45) is 0. The van der Waals surface area contributed by atoms with Gasteiger partial charge in [0.2, 0.25) is 0 Å². The van der Waals surface area contributed by atoms with Crippen LogP contribution in [0.3, 0.4) is 0 Å². The van der Waals surface area contributed by atoms with Crippen LogP contribution in [0.4, 0.5) is 5.69 Å². The number of nitrogens with one attached hydrogen (secondary N) is 1. The van der Waals surface area contributed by atoms with E-state index in [9.17, 15) is 10.1 Å². The fourth-order valence-electron chi connectivity index (χ4n) is 3.31. The molecule has 1 N–H and O–H groups in total. The zero-order chi connectivity index (χ0) is 22.3. The number of aromatic amines is 1. The summed E-state index contributed by atoms with van der Waals surface area (Å²) in [5.74, 6) is 1.09. The number of aryl methyl sites for hydroxylation is 1. The highest BCUT2D eigenvalue weighted by Gasteiger charge is 2.25. The molecule has 9 heteroatoms. The Morgan fingerprint density at radius 1 is 1.23 bits per heavy atom. The summed E-state index contributed by atoms with van der Waals surface area (Å²) >= 11 is 6.54.